The minimum absolute atomic E-state index is 0.0365. The molecule has 2 saturated heterocycles. The zero-order valence-corrected chi connectivity index (χ0v) is 13.8. The molecule has 0 aliphatic carbocycles. The van der Waals surface area contributed by atoms with Crippen molar-refractivity contribution < 1.29 is 20.2 Å². The first-order valence-electron chi connectivity index (χ1n) is 8.54. The summed E-state index contributed by atoms with van der Waals surface area (Å²) in [6.45, 7) is 5.36. The van der Waals surface area contributed by atoms with Gasteiger partial charge in [-0.15, -0.1) is 0 Å². The summed E-state index contributed by atoms with van der Waals surface area (Å²) in [6.07, 6.45) is 3.10. The van der Waals surface area contributed by atoms with E-state index in [1.807, 2.05) is 0 Å². The zero-order chi connectivity index (χ0) is 15.9. The quantitative estimate of drug-likeness (QED) is 0.614. The van der Waals surface area contributed by atoms with Crippen LogP contribution in [0.25, 0.3) is 0 Å². The number of nitrogens with two attached hydrogens (primary N) is 1. The smallest absolute Gasteiger partial charge is 0.185 e. The van der Waals surface area contributed by atoms with E-state index in [0.717, 1.165) is 75.8 Å². The van der Waals surface area contributed by atoms with Crippen molar-refractivity contribution in [3.8, 4) is 5.75 Å². The molecular formula is C17H26N3O3+. The molecule has 0 bridgehead atoms. The number of hydrogen-bond acceptors (Lipinski definition) is 5. The van der Waals surface area contributed by atoms with Crippen LogP contribution in [0.2, 0.25) is 0 Å². The fourth-order valence-corrected chi connectivity index (χ4v) is 3.97. The highest BCUT2D eigenvalue weighted by atomic mass is 16.5. The van der Waals surface area contributed by atoms with Crippen molar-refractivity contribution in [1.29, 1.82) is 0 Å². The standard InChI is InChI=1S/C17H25N3O3/c1-19-4-2-17(3-5-19)12-13-10-14(18-21)15(11-16(13)23-17)20-6-8-22-9-7-20/h10-11,18,21H,2-9,12H2,1H3/p+1. The van der Waals surface area contributed by atoms with Crippen LogP contribution in [0.5, 0.6) is 5.75 Å². The van der Waals surface area contributed by atoms with Gasteiger partial charge < -0.3 is 19.3 Å². The summed E-state index contributed by atoms with van der Waals surface area (Å²) in [5.74, 6) is 1.00. The number of anilines is 1. The molecule has 23 heavy (non-hydrogen) atoms. The van der Waals surface area contributed by atoms with Crippen LogP contribution < -0.4 is 15.1 Å². The van der Waals surface area contributed by atoms with Crippen LogP contribution in [0.4, 0.5) is 11.4 Å². The third-order valence-electron chi connectivity index (χ3n) is 5.44. The molecule has 3 aliphatic heterocycles. The van der Waals surface area contributed by atoms with Crippen LogP contribution in [-0.4, -0.2) is 62.1 Å². The van der Waals surface area contributed by atoms with Crippen LogP contribution in [0.15, 0.2) is 12.1 Å². The number of likely N-dealkylation sites (tertiary alicyclic amines) is 1. The van der Waals surface area contributed by atoms with Crippen LogP contribution in [0, 0.1) is 0 Å². The Morgan fingerprint density at radius 3 is 2.57 bits per heavy atom. The molecule has 0 unspecified atom stereocenters. The summed E-state index contributed by atoms with van der Waals surface area (Å²) < 4.78 is 11.9. The monoisotopic (exact) mass is 320 g/mol. The van der Waals surface area contributed by atoms with Crippen molar-refractivity contribution in [3.05, 3.63) is 17.7 Å². The van der Waals surface area contributed by atoms with Gasteiger partial charge in [-0.2, -0.15) is 5.48 Å². The summed E-state index contributed by atoms with van der Waals surface area (Å²) in [4.78, 5) is 4.64. The highest BCUT2D eigenvalue weighted by Gasteiger charge is 2.42. The average Bonchev–Trinajstić information content (AvgIpc) is 2.94. The molecule has 0 saturated carbocycles. The number of quaternary nitrogens is 1. The number of rotatable bonds is 2. The number of fused-ring (bicyclic) bond motifs is 1. The second-order valence-corrected chi connectivity index (χ2v) is 7.01. The Hall–Kier alpha value is -1.34. The van der Waals surface area contributed by atoms with E-state index >= 15 is 0 Å². The molecule has 3 heterocycles. The van der Waals surface area contributed by atoms with Gasteiger partial charge in [0.05, 0.1) is 13.2 Å². The maximum atomic E-state index is 9.69. The van der Waals surface area contributed by atoms with Gasteiger partial charge in [-0.1, -0.05) is 0 Å². The van der Waals surface area contributed by atoms with E-state index in [4.69, 9.17) is 9.47 Å². The van der Waals surface area contributed by atoms with Gasteiger partial charge >= 0.3 is 0 Å². The van der Waals surface area contributed by atoms with Crippen molar-refractivity contribution in [1.82, 2.24) is 4.90 Å². The van der Waals surface area contributed by atoms with E-state index in [-0.39, 0.29) is 5.60 Å². The van der Waals surface area contributed by atoms with Gasteiger partial charge in [0.15, 0.2) is 5.69 Å². The number of morpholine rings is 1. The second-order valence-electron chi connectivity index (χ2n) is 7.01. The number of nitrogens with zero attached hydrogens (tertiary/aromatic N) is 2. The van der Waals surface area contributed by atoms with Gasteiger partial charge in [0.25, 0.3) is 0 Å². The summed E-state index contributed by atoms with van der Waals surface area (Å²) in [7, 11) is 2.17. The highest BCUT2D eigenvalue weighted by molar-refractivity contribution is 5.68. The maximum Gasteiger partial charge on any atom is 0.185 e. The molecule has 1 aromatic rings. The molecule has 126 valence electrons. The third kappa shape index (κ3) is 2.80. The number of piperidine rings is 1. The topological polar surface area (TPSA) is 61.8 Å². The molecule has 6 heteroatoms. The van der Waals surface area contributed by atoms with Gasteiger partial charge in [0.2, 0.25) is 0 Å². The molecule has 0 amide bonds. The number of ether oxygens (including phenoxy) is 2. The Morgan fingerprint density at radius 2 is 1.87 bits per heavy atom. The Balaban J connectivity index is 1.61. The first kappa shape index (κ1) is 15.2. The Morgan fingerprint density at radius 1 is 1.13 bits per heavy atom. The van der Waals surface area contributed by atoms with Crippen molar-refractivity contribution in [2.24, 2.45) is 0 Å². The summed E-state index contributed by atoms with van der Waals surface area (Å²) in [6, 6.07) is 4.23. The van der Waals surface area contributed by atoms with Gasteiger partial charge in [0.1, 0.15) is 17.0 Å². The van der Waals surface area contributed by atoms with Crippen molar-refractivity contribution >= 4 is 11.4 Å². The fourth-order valence-electron chi connectivity index (χ4n) is 3.97. The van der Waals surface area contributed by atoms with E-state index in [0.29, 0.717) is 0 Å². The number of benzene rings is 1. The molecule has 1 spiro atoms. The summed E-state index contributed by atoms with van der Waals surface area (Å²) in [5.41, 5.74) is 4.36. The highest BCUT2D eigenvalue weighted by Crippen LogP contribution is 2.44. The lowest BCUT2D eigenvalue weighted by atomic mass is 9.87. The largest absolute Gasteiger partial charge is 0.486 e. The van der Waals surface area contributed by atoms with E-state index in [1.54, 1.807) is 0 Å². The van der Waals surface area contributed by atoms with Gasteiger partial charge in [0, 0.05) is 63.1 Å². The van der Waals surface area contributed by atoms with Crippen LogP contribution in [0.3, 0.4) is 0 Å². The average molecular weight is 320 g/mol. The maximum absolute atomic E-state index is 9.69. The summed E-state index contributed by atoms with van der Waals surface area (Å²) >= 11 is 0. The third-order valence-corrected chi connectivity index (χ3v) is 5.44. The predicted molar refractivity (Wildman–Crippen MR) is 86.6 cm³/mol. The second kappa shape index (κ2) is 5.94. The van der Waals surface area contributed by atoms with E-state index in [2.05, 4.69) is 29.0 Å². The molecule has 4 rings (SSSR count). The molecule has 0 radical (unpaired) electrons. The summed E-state index contributed by atoms with van der Waals surface area (Å²) in [5, 5.41) is 9.69. The number of hydrogen-bond donors (Lipinski definition) is 2. The predicted octanol–water partition coefficient (Wildman–Crippen LogP) is 0.507. The molecule has 3 N–H and O–H groups in total. The SMILES string of the molecule is CN1CCC2(CC1)Cc1cc([NH2+]O)c(N3CCOCC3)cc1O2. The van der Waals surface area contributed by atoms with E-state index < -0.39 is 0 Å². The zero-order valence-electron chi connectivity index (χ0n) is 13.8. The first-order valence-corrected chi connectivity index (χ1v) is 8.54. The van der Waals surface area contributed by atoms with Crippen molar-refractivity contribution in [2.75, 3.05) is 51.3 Å². The molecular weight excluding hydrogens is 294 g/mol. The van der Waals surface area contributed by atoms with Gasteiger partial charge in [-0.3, -0.25) is 0 Å². The van der Waals surface area contributed by atoms with Crippen LogP contribution in [0.1, 0.15) is 18.4 Å². The van der Waals surface area contributed by atoms with Crippen molar-refractivity contribution in [3.63, 3.8) is 0 Å². The molecule has 0 aromatic heterocycles. The molecule has 6 nitrogen and oxygen atoms in total. The lowest BCUT2D eigenvalue weighted by Gasteiger charge is -2.37. The molecule has 1 aromatic carbocycles. The van der Waals surface area contributed by atoms with Crippen LogP contribution >= 0.6 is 0 Å². The van der Waals surface area contributed by atoms with Gasteiger partial charge in [-0.25, -0.2) is 5.21 Å². The fraction of sp³-hybridized carbons (Fsp3) is 0.647. The normalized spacial score (nSPS) is 23.8. The lowest BCUT2D eigenvalue weighted by molar-refractivity contribution is -0.825. The van der Waals surface area contributed by atoms with Gasteiger partial charge in [-0.05, 0) is 7.05 Å². The van der Waals surface area contributed by atoms with E-state index in [9.17, 15) is 5.21 Å². The molecule has 3 aliphatic rings. The Kier molecular flexibility index (Phi) is 3.93. The molecule has 2 fully saturated rings. The van der Waals surface area contributed by atoms with Crippen molar-refractivity contribution in [2.45, 2.75) is 24.9 Å². The Bertz CT molecular complexity index is 579. The van der Waals surface area contributed by atoms with E-state index in [1.165, 1.54) is 11.0 Å². The Labute approximate surface area is 136 Å². The first-order chi connectivity index (χ1) is 11.2. The lowest BCUT2D eigenvalue weighted by Crippen LogP contribution is -2.74. The minimum atomic E-state index is -0.0365. The minimum Gasteiger partial charge on any atom is -0.486 e. The van der Waals surface area contributed by atoms with Crippen LogP contribution in [-0.2, 0) is 11.2 Å². The molecule has 0 atom stereocenters.